The minimum atomic E-state index is -0.894. The Kier molecular flexibility index (Phi) is 5.56. The van der Waals surface area contributed by atoms with Gasteiger partial charge in [-0.3, -0.25) is 4.79 Å². The van der Waals surface area contributed by atoms with Gasteiger partial charge in [-0.2, -0.15) is 0 Å². The molecule has 6 heteroatoms. The highest BCUT2D eigenvalue weighted by Crippen LogP contribution is 2.49. The number of hydrogen-bond donors (Lipinski definition) is 2. The highest BCUT2D eigenvalue weighted by molar-refractivity contribution is 6.30. The first-order valence-electron chi connectivity index (χ1n) is 8.92. The molecule has 0 amide bonds. The fourth-order valence-corrected chi connectivity index (χ4v) is 4.13. The first-order chi connectivity index (χ1) is 12.8. The summed E-state index contributed by atoms with van der Waals surface area (Å²) in [5.74, 6) is -0.719. The summed E-state index contributed by atoms with van der Waals surface area (Å²) in [6, 6.07) is 11.9. The molecule has 2 aromatic rings. The van der Waals surface area contributed by atoms with Crippen LogP contribution < -0.4 is 5.73 Å². The van der Waals surface area contributed by atoms with Gasteiger partial charge in [-0.15, -0.1) is 0 Å². The quantitative estimate of drug-likeness (QED) is 0.736. The lowest BCUT2D eigenvalue weighted by atomic mass is 9.56. The maximum absolute atomic E-state index is 14.0. The molecule has 1 saturated carbocycles. The molecule has 1 aliphatic rings. The minimum absolute atomic E-state index is 0.266. The predicted octanol–water partition coefficient (Wildman–Crippen LogP) is 3.72. The molecule has 3 N–H and O–H groups in total. The second-order valence-corrected chi connectivity index (χ2v) is 7.81. The first kappa shape index (κ1) is 19.8. The van der Waals surface area contributed by atoms with Crippen molar-refractivity contribution in [3.8, 4) is 11.1 Å². The van der Waals surface area contributed by atoms with Crippen molar-refractivity contribution >= 4 is 17.6 Å². The van der Waals surface area contributed by atoms with E-state index in [0.717, 1.165) is 11.1 Å². The van der Waals surface area contributed by atoms with Crippen molar-refractivity contribution in [2.75, 3.05) is 13.2 Å². The van der Waals surface area contributed by atoms with Gasteiger partial charge in [0.15, 0.2) is 0 Å². The van der Waals surface area contributed by atoms with Crippen molar-refractivity contribution in [2.45, 2.75) is 31.7 Å². The average molecular weight is 392 g/mol. The summed E-state index contributed by atoms with van der Waals surface area (Å²) in [5, 5.41) is 10.1. The Morgan fingerprint density at radius 1 is 1.26 bits per heavy atom. The van der Waals surface area contributed by atoms with Gasteiger partial charge in [0.2, 0.25) is 0 Å². The van der Waals surface area contributed by atoms with Crippen LogP contribution in [0.2, 0.25) is 5.02 Å². The number of aliphatic hydroxyl groups excluding tert-OH is 1. The third-order valence-electron chi connectivity index (χ3n) is 5.14. The average Bonchev–Trinajstić information content (AvgIpc) is 2.62. The molecule has 0 atom stereocenters. The number of esters is 1. The second-order valence-electron chi connectivity index (χ2n) is 7.37. The topological polar surface area (TPSA) is 72.5 Å². The molecular weight excluding hydrogens is 369 g/mol. The summed E-state index contributed by atoms with van der Waals surface area (Å²) in [6.07, 6.45) is 1.31. The Morgan fingerprint density at radius 3 is 2.52 bits per heavy atom. The molecule has 0 spiro atoms. The largest absolute Gasteiger partial charge is 0.465 e. The van der Waals surface area contributed by atoms with Crippen LogP contribution in [0.15, 0.2) is 42.5 Å². The van der Waals surface area contributed by atoms with Gasteiger partial charge in [0.25, 0.3) is 0 Å². The lowest BCUT2D eigenvalue weighted by molar-refractivity contribution is -0.170. The zero-order valence-electron chi connectivity index (χ0n) is 15.2. The van der Waals surface area contributed by atoms with Crippen LogP contribution in [-0.2, 0) is 16.0 Å². The summed E-state index contributed by atoms with van der Waals surface area (Å²) < 4.78 is 19.1. The molecule has 144 valence electrons. The molecule has 0 bridgehead atoms. The molecule has 2 aromatic carbocycles. The summed E-state index contributed by atoms with van der Waals surface area (Å²) in [5.41, 5.74) is 7.11. The van der Waals surface area contributed by atoms with E-state index in [2.05, 4.69) is 0 Å². The zero-order valence-corrected chi connectivity index (χ0v) is 15.9. The lowest BCUT2D eigenvalue weighted by Crippen LogP contribution is -2.64. The Hall–Kier alpha value is -1.95. The molecule has 27 heavy (non-hydrogen) atoms. The van der Waals surface area contributed by atoms with Gasteiger partial charge in [0.05, 0.1) is 18.6 Å². The van der Waals surface area contributed by atoms with Crippen molar-refractivity contribution in [3.05, 3.63) is 58.9 Å². The van der Waals surface area contributed by atoms with Gasteiger partial charge < -0.3 is 15.6 Å². The number of aliphatic hydroxyl groups is 1. The maximum Gasteiger partial charge on any atom is 0.314 e. The Balaban J connectivity index is 1.70. The number of hydrogen-bond acceptors (Lipinski definition) is 4. The van der Waals surface area contributed by atoms with E-state index in [4.69, 9.17) is 22.1 Å². The number of carbonyl (C=O) groups is 1. The third-order valence-corrected chi connectivity index (χ3v) is 5.38. The van der Waals surface area contributed by atoms with E-state index in [1.54, 1.807) is 13.0 Å². The molecule has 3 rings (SSSR count). The van der Waals surface area contributed by atoms with E-state index in [0.29, 0.717) is 29.8 Å². The maximum atomic E-state index is 14.0. The summed E-state index contributed by atoms with van der Waals surface area (Å²) in [6.45, 7) is 1.75. The molecule has 0 aliphatic heterocycles. The Bertz CT molecular complexity index is 832. The van der Waals surface area contributed by atoms with Crippen LogP contribution in [0.5, 0.6) is 0 Å². The van der Waals surface area contributed by atoms with Crippen molar-refractivity contribution in [3.63, 3.8) is 0 Å². The van der Waals surface area contributed by atoms with Gasteiger partial charge in [-0.1, -0.05) is 35.9 Å². The number of carbonyl (C=O) groups excluding carboxylic acids is 1. The van der Waals surface area contributed by atoms with Crippen LogP contribution >= 0.6 is 11.6 Å². The molecule has 0 saturated heterocycles. The van der Waals surface area contributed by atoms with Crippen LogP contribution in [-0.4, -0.2) is 29.8 Å². The van der Waals surface area contributed by atoms with Gasteiger partial charge in [0, 0.05) is 16.1 Å². The van der Waals surface area contributed by atoms with Crippen LogP contribution in [0, 0.1) is 11.2 Å². The highest BCUT2D eigenvalue weighted by atomic mass is 35.5. The van der Waals surface area contributed by atoms with Crippen molar-refractivity contribution in [2.24, 2.45) is 11.1 Å². The number of benzene rings is 2. The smallest absolute Gasteiger partial charge is 0.314 e. The van der Waals surface area contributed by atoms with Gasteiger partial charge in [0.1, 0.15) is 5.82 Å². The zero-order chi connectivity index (χ0) is 19.7. The Morgan fingerprint density at radius 2 is 1.93 bits per heavy atom. The lowest BCUT2D eigenvalue weighted by Gasteiger charge is -2.51. The van der Waals surface area contributed by atoms with Crippen LogP contribution in [0.3, 0.4) is 0 Å². The number of nitrogens with two attached hydrogens (primary N) is 1. The van der Waals surface area contributed by atoms with Crippen LogP contribution in [0.25, 0.3) is 11.1 Å². The molecule has 4 nitrogen and oxygen atoms in total. The molecule has 0 aromatic heterocycles. The van der Waals surface area contributed by atoms with Gasteiger partial charge >= 0.3 is 5.97 Å². The monoisotopic (exact) mass is 391 g/mol. The van der Waals surface area contributed by atoms with Gasteiger partial charge in [-0.25, -0.2) is 4.39 Å². The molecule has 1 fully saturated rings. The molecule has 0 heterocycles. The standard InChI is InChI=1S/C21H23ClFNO3/c1-2-27-19(26)20(13-25)11-21(24,12-20)10-14-3-5-15(6-4-14)17-9-16(22)7-8-18(17)23/h3-9,25H,2,10-13,24H2,1H3. The first-order valence-corrected chi connectivity index (χ1v) is 9.30. The highest BCUT2D eigenvalue weighted by Gasteiger charge is 2.57. The fourth-order valence-electron chi connectivity index (χ4n) is 3.95. The van der Waals surface area contributed by atoms with Gasteiger partial charge in [-0.05, 0) is 55.5 Å². The second kappa shape index (κ2) is 7.58. The van der Waals surface area contributed by atoms with Crippen LogP contribution in [0.4, 0.5) is 4.39 Å². The molecule has 0 radical (unpaired) electrons. The van der Waals surface area contributed by atoms with Crippen molar-refractivity contribution in [1.82, 2.24) is 0 Å². The van der Waals surface area contributed by atoms with E-state index in [-0.39, 0.29) is 25.0 Å². The summed E-state index contributed by atoms with van der Waals surface area (Å²) in [4.78, 5) is 12.1. The van der Waals surface area contributed by atoms with E-state index in [1.807, 2.05) is 24.3 Å². The Labute approximate surface area is 163 Å². The number of rotatable bonds is 6. The number of halogens is 2. The van der Waals surface area contributed by atoms with Crippen molar-refractivity contribution in [1.29, 1.82) is 0 Å². The van der Waals surface area contributed by atoms with E-state index >= 15 is 0 Å². The number of ether oxygens (including phenoxy) is 1. The normalized spacial score (nSPS) is 24.3. The van der Waals surface area contributed by atoms with Crippen LogP contribution in [0.1, 0.15) is 25.3 Å². The SMILES string of the molecule is CCOC(=O)C1(CO)CC(N)(Cc2ccc(-c3cc(Cl)ccc3F)cc2)C1. The third kappa shape index (κ3) is 4.00. The molecular formula is C21H23ClFNO3. The molecule has 0 unspecified atom stereocenters. The minimum Gasteiger partial charge on any atom is -0.465 e. The molecule has 1 aliphatic carbocycles. The summed E-state index contributed by atoms with van der Waals surface area (Å²) in [7, 11) is 0. The van der Waals surface area contributed by atoms with Crippen molar-refractivity contribution < 1.29 is 19.0 Å². The fraction of sp³-hybridized carbons (Fsp3) is 0.381. The van der Waals surface area contributed by atoms with E-state index < -0.39 is 11.0 Å². The van der Waals surface area contributed by atoms with E-state index in [9.17, 15) is 14.3 Å². The van der Waals surface area contributed by atoms with E-state index in [1.165, 1.54) is 12.1 Å². The summed E-state index contributed by atoms with van der Waals surface area (Å²) >= 11 is 5.96. The predicted molar refractivity (Wildman–Crippen MR) is 103 cm³/mol.